The first-order chi connectivity index (χ1) is 10.6. The molecule has 0 bridgehead atoms. The minimum Gasteiger partial charge on any atom is -0.338 e. The Kier molecular flexibility index (Phi) is 4.24. The molecule has 3 heterocycles. The first kappa shape index (κ1) is 14.8. The minimum atomic E-state index is -0.255. The van der Waals surface area contributed by atoms with E-state index in [1.807, 2.05) is 0 Å². The predicted octanol–water partition coefficient (Wildman–Crippen LogP) is 2.42. The molecule has 0 spiro atoms. The predicted molar refractivity (Wildman–Crippen MR) is 87.8 cm³/mol. The second kappa shape index (κ2) is 6.32. The lowest BCUT2D eigenvalue weighted by Gasteiger charge is -2.09. The van der Waals surface area contributed by atoms with Gasteiger partial charge in [-0.2, -0.15) is 10.2 Å². The van der Waals surface area contributed by atoms with E-state index in [9.17, 15) is 4.79 Å². The number of halogens is 2. The van der Waals surface area contributed by atoms with Gasteiger partial charge in [-0.15, -0.1) is 15.0 Å². The number of hydrogen-bond donors (Lipinski definition) is 1. The molecule has 1 N–H and O–H groups in total. The molecule has 0 aliphatic carbocycles. The van der Waals surface area contributed by atoms with Crippen molar-refractivity contribution in [2.45, 2.75) is 0 Å². The molecule has 0 aromatic carbocycles. The molecule has 0 unspecified atom stereocenters. The summed E-state index contributed by atoms with van der Waals surface area (Å²) in [5.41, 5.74) is 0.604. The van der Waals surface area contributed by atoms with E-state index in [1.54, 1.807) is 53.2 Å². The van der Waals surface area contributed by atoms with Crippen molar-refractivity contribution in [1.29, 1.82) is 0 Å². The van der Waals surface area contributed by atoms with Gasteiger partial charge < -0.3 is 5.32 Å². The first-order valence-corrected chi connectivity index (χ1v) is 7.43. The maximum absolute atomic E-state index is 11.6. The Bertz CT molecular complexity index is 824. The van der Waals surface area contributed by atoms with Crippen molar-refractivity contribution >= 4 is 49.5 Å². The highest BCUT2D eigenvalue weighted by Gasteiger charge is 2.13. The quantitative estimate of drug-likeness (QED) is 0.504. The summed E-state index contributed by atoms with van der Waals surface area (Å²) in [6.45, 7) is 0. The van der Waals surface area contributed by atoms with Crippen LogP contribution >= 0.6 is 34.2 Å². The van der Waals surface area contributed by atoms with Crippen molar-refractivity contribution in [1.82, 2.24) is 30.2 Å². The van der Waals surface area contributed by atoms with E-state index < -0.39 is 0 Å². The van der Waals surface area contributed by atoms with Gasteiger partial charge in [0.2, 0.25) is 3.79 Å². The third-order valence-electron chi connectivity index (χ3n) is 2.57. The van der Waals surface area contributed by atoms with Gasteiger partial charge in [-0.05, 0) is 12.1 Å². The van der Waals surface area contributed by atoms with Gasteiger partial charge in [-0.3, -0.25) is 4.79 Å². The molecule has 0 saturated carbocycles. The highest BCUT2D eigenvalue weighted by atomic mass is 127. The van der Waals surface area contributed by atoms with Crippen LogP contribution in [0.1, 0.15) is 10.5 Å². The Balaban J connectivity index is 1.95. The molecule has 0 fully saturated rings. The topological polar surface area (TPSA) is 98.5 Å². The van der Waals surface area contributed by atoms with Gasteiger partial charge in [0.25, 0.3) is 0 Å². The zero-order valence-corrected chi connectivity index (χ0v) is 13.7. The zero-order valence-electron chi connectivity index (χ0n) is 10.8. The van der Waals surface area contributed by atoms with Gasteiger partial charge in [0.1, 0.15) is 5.82 Å². The van der Waals surface area contributed by atoms with Crippen molar-refractivity contribution in [3.8, 4) is 5.82 Å². The first-order valence-electron chi connectivity index (χ1n) is 5.97. The molecule has 3 aromatic rings. The standard InChI is InChI=1S/C12H7ClIN7O/c13-8-6-7(11(12(14)22)20-19-8)17-9-2-1-3-10(18-9)21-15-4-5-16-21/h1-6H,(H,17,18,19). The Labute approximate surface area is 143 Å². The van der Waals surface area contributed by atoms with Crippen molar-refractivity contribution in [3.05, 3.63) is 47.5 Å². The number of pyridine rings is 1. The van der Waals surface area contributed by atoms with Gasteiger partial charge in [-0.25, -0.2) is 4.98 Å². The lowest BCUT2D eigenvalue weighted by Crippen LogP contribution is -2.06. The van der Waals surface area contributed by atoms with Gasteiger partial charge >= 0.3 is 0 Å². The summed E-state index contributed by atoms with van der Waals surface area (Å²) >= 11 is 7.46. The monoisotopic (exact) mass is 427 g/mol. The summed E-state index contributed by atoms with van der Waals surface area (Å²) in [6, 6.07) is 6.80. The molecule has 0 radical (unpaired) electrons. The van der Waals surface area contributed by atoms with E-state index >= 15 is 0 Å². The van der Waals surface area contributed by atoms with E-state index in [-0.39, 0.29) is 14.6 Å². The van der Waals surface area contributed by atoms with Crippen LogP contribution in [0, 0.1) is 0 Å². The van der Waals surface area contributed by atoms with Crippen molar-refractivity contribution in [2.75, 3.05) is 5.32 Å². The second-order valence-corrected chi connectivity index (χ2v) is 5.39. The summed E-state index contributed by atoms with van der Waals surface area (Å²) < 4.78 is -0.255. The SMILES string of the molecule is O=C(I)c1nnc(Cl)cc1Nc1cccc(-n2nccn2)n1. The van der Waals surface area contributed by atoms with E-state index in [2.05, 4.69) is 30.7 Å². The fourth-order valence-corrected chi connectivity index (χ4v) is 2.23. The summed E-state index contributed by atoms with van der Waals surface area (Å²) in [5.74, 6) is 1.03. The third-order valence-corrected chi connectivity index (χ3v) is 3.27. The van der Waals surface area contributed by atoms with Crippen molar-refractivity contribution < 1.29 is 4.79 Å². The van der Waals surface area contributed by atoms with Crippen LogP contribution < -0.4 is 5.32 Å². The van der Waals surface area contributed by atoms with E-state index in [0.717, 1.165) is 0 Å². The fraction of sp³-hybridized carbons (Fsp3) is 0. The average molecular weight is 428 g/mol. The number of nitrogens with zero attached hydrogens (tertiary/aromatic N) is 6. The molecule has 8 nitrogen and oxygen atoms in total. The third kappa shape index (κ3) is 3.20. The zero-order chi connectivity index (χ0) is 15.5. The normalized spacial score (nSPS) is 10.5. The van der Waals surface area contributed by atoms with Crippen LogP contribution in [-0.2, 0) is 0 Å². The largest absolute Gasteiger partial charge is 0.338 e. The molecular formula is C12H7ClIN7O. The van der Waals surface area contributed by atoms with E-state index in [1.165, 1.54) is 10.9 Å². The fourth-order valence-electron chi connectivity index (χ4n) is 1.68. The minimum absolute atomic E-state index is 0.175. The summed E-state index contributed by atoms with van der Waals surface area (Å²) in [6.07, 6.45) is 3.11. The Morgan fingerprint density at radius 2 is 2.00 bits per heavy atom. The number of carbonyl (C=O) groups is 1. The number of hydrogen-bond acceptors (Lipinski definition) is 7. The van der Waals surface area contributed by atoms with Gasteiger partial charge in [0.05, 0.1) is 18.1 Å². The molecule has 0 aliphatic rings. The molecule has 0 amide bonds. The number of nitrogens with one attached hydrogen (secondary N) is 1. The maximum Gasteiger partial charge on any atom is 0.244 e. The van der Waals surface area contributed by atoms with Gasteiger partial charge in [0.15, 0.2) is 16.7 Å². The highest BCUT2D eigenvalue weighted by molar-refractivity contribution is 14.1. The number of carbonyl (C=O) groups excluding carboxylic acids is 1. The van der Waals surface area contributed by atoms with Crippen LogP contribution in [0.5, 0.6) is 0 Å². The molecule has 10 heteroatoms. The summed E-state index contributed by atoms with van der Waals surface area (Å²) in [4.78, 5) is 17.3. The molecule has 0 atom stereocenters. The molecule has 3 aromatic heterocycles. The summed E-state index contributed by atoms with van der Waals surface area (Å²) in [7, 11) is 0. The second-order valence-electron chi connectivity index (χ2n) is 4.03. The molecule has 0 aliphatic heterocycles. The van der Waals surface area contributed by atoms with Gasteiger partial charge in [-0.1, -0.05) is 17.7 Å². The lowest BCUT2D eigenvalue weighted by molar-refractivity contribution is 0.110. The van der Waals surface area contributed by atoms with Crippen molar-refractivity contribution in [2.24, 2.45) is 0 Å². The summed E-state index contributed by atoms with van der Waals surface area (Å²) in [5, 5.41) is 18.7. The molecule has 3 rings (SSSR count). The van der Waals surface area contributed by atoms with E-state index in [0.29, 0.717) is 17.3 Å². The van der Waals surface area contributed by atoms with Crippen LogP contribution in [0.15, 0.2) is 36.7 Å². The van der Waals surface area contributed by atoms with Crippen LogP contribution in [0.4, 0.5) is 11.5 Å². The van der Waals surface area contributed by atoms with Crippen LogP contribution in [0.25, 0.3) is 5.82 Å². The number of anilines is 2. The Morgan fingerprint density at radius 1 is 1.23 bits per heavy atom. The number of aromatic nitrogens is 6. The Morgan fingerprint density at radius 3 is 2.73 bits per heavy atom. The van der Waals surface area contributed by atoms with Gasteiger partial charge in [0, 0.05) is 28.7 Å². The average Bonchev–Trinajstić information content (AvgIpc) is 3.01. The lowest BCUT2D eigenvalue weighted by atomic mass is 10.3. The molecular weight excluding hydrogens is 421 g/mol. The smallest absolute Gasteiger partial charge is 0.244 e. The maximum atomic E-state index is 11.6. The van der Waals surface area contributed by atoms with E-state index in [4.69, 9.17) is 11.6 Å². The molecule has 22 heavy (non-hydrogen) atoms. The van der Waals surface area contributed by atoms with Crippen LogP contribution in [0.2, 0.25) is 5.15 Å². The Hall–Kier alpha value is -2.14. The van der Waals surface area contributed by atoms with Crippen LogP contribution in [-0.4, -0.2) is 34.0 Å². The number of rotatable bonds is 4. The molecule has 0 saturated heterocycles. The van der Waals surface area contributed by atoms with Crippen molar-refractivity contribution in [3.63, 3.8) is 0 Å². The van der Waals surface area contributed by atoms with Crippen LogP contribution in [0.3, 0.4) is 0 Å². The molecule has 110 valence electrons. The highest BCUT2D eigenvalue weighted by Crippen LogP contribution is 2.22.